The van der Waals surface area contributed by atoms with Gasteiger partial charge in [0.15, 0.2) is 0 Å². The van der Waals surface area contributed by atoms with Crippen molar-refractivity contribution < 1.29 is 9.53 Å². The Hall–Kier alpha value is -1.86. The number of nitrogens with zero attached hydrogens (tertiary/aromatic N) is 1. The number of hydrogen-bond acceptors (Lipinski definition) is 4. The lowest BCUT2D eigenvalue weighted by molar-refractivity contribution is -0.149. The fraction of sp³-hybridized carbons (Fsp3) is 0.500. The number of carbonyl (C=O) groups is 1. The SMILES string of the molecule is CCOC(=O)C1(CN[C@](C)(C#N)c2ccccc2)CC1. The molecular weight excluding hydrogens is 252 g/mol. The van der Waals surface area contributed by atoms with Crippen LogP contribution in [0.5, 0.6) is 0 Å². The summed E-state index contributed by atoms with van der Waals surface area (Å²) >= 11 is 0. The van der Waals surface area contributed by atoms with Crippen LogP contribution in [0.1, 0.15) is 32.3 Å². The highest BCUT2D eigenvalue weighted by Crippen LogP contribution is 2.46. The number of ether oxygens (including phenoxy) is 1. The van der Waals surface area contributed by atoms with Gasteiger partial charge in [0.2, 0.25) is 0 Å². The van der Waals surface area contributed by atoms with Crippen molar-refractivity contribution in [2.75, 3.05) is 13.2 Å². The molecule has 0 amide bonds. The van der Waals surface area contributed by atoms with Gasteiger partial charge < -0.3 is 4.74 Å². The zero-order valence-corrected chi connectivity index (χ0v) is 12.0. The Balaban J connectivity index is 2.06. The topological polar surface area (TPSA) is 62.1 Å². The lowest BCUT2D eigenvalue weighted by atomic mass is 9.92. The molecule has 0 spiro atoms. The van der Waals surface area contributed by atoms with Gasteiger partial charge in [-0.3, -0.25) is 10.1 Å². The summed E-state index contributed by atoms with van der Waals surface area (Å²) in [5, 5.41) is 12.7. The minimum atomic E-state index is -0.788. The van der Waals surface area contributed by atoms with E-state index >= 15 is 0 Å². The number of nitrogens with one attached hydrogen (secondary N) is 1. The maximum absolute atomic E-state index is 11.9. The first-order chi connectivity index (χ1) is 9.56. The van der Waals surface area contributed by atoms with E-state index in [0.717, 1.165) is 18.4 Å². The molecule has 1 aromatic rings. The van der Waals surface area contributed by atoms with Crippen molar-refractivity contribution >= 4 is 5.97 Å². The molecule has 4 heteroatoms. The first kappa shape index (κ1) is 14.5. The van der Waals surface area contributed by atoms with Gasteiger partial charge in [-0.1, -0.05) is 30.3 Å². The number of nitriles is 1. The lowest BCUT2D eigenvalue weighted by Gasteiger charge is -2.26. The molecule has 0 aromatic heterocycles. The molecular formula is C16H20N2O2. The van der Waals surface area contributed by atoms with E-state index in [9.17, 15) is 10.1 Å². The van der Waals surface area contributed by atoms with Crippen LogP contribution in [0.15, 0.2) is 30.3 Å². The molecule has 0 saturated heterocycles. The molecule has 1 aromatic carbocycles. The molecule has 2 rings (SSSR count). The molecule has 0 radical (unpaired) electrons. The van der Waals surface area contributed by atoms with Crippen molar-refractivity contribution in [3.05, 3.63) is 35.9 Å². The Labute approximate surface area is 119 Å². The summed E-state index contributed by atoms with van der Waals surface area (Å²) in [6, 6.07) is 11.9. The third-order valence-electron chi connectivity index (χ3n) is 3.92. The molecule has 106 valence electrons. The molecule has 1 aliphatic carbocycles. The van der Waals surface area contributed by atoms with E-state index in [0.29, 0.717) is 13.2 Å². The summed E-state index contributed by atoms with van der Waals surface area (Å²) in [4.78, 5) is 11.9. The highest BCUT2D eigenvalue weighted by atomic mass is 16.5. The summed E-state index contributed by atoms with van der Waals surface area (Å²) in [6.07, 6.45) is 1.66. The van der Waals surface area contributed by atoms with Crippen molar-refractivity contribution in [1.82, 2.24) is 5.32 Å². The molecule has 0 aliphatic heterocycles. The lowest BCUT2D eigenvalue weighted by Crippen LogP contribution is -2.43. The molecule has 1 aliphatic rings. The number of rotatable bonds is 6. The first-order valence-electron chi connectivity index (χ1n) is 6.95. The van der Waals surface area contributed by atoms with Crippen LogP contribution in [-0.4, -0.2) is 19.1 Å². The monoisotopic (exact) mass is 272 g/mol. The van der Waals surface area contributed by atoms with Crippen LogP contribution < -0.4 is 5.32 Å². The van der Waals surface area contributed by atoms with Gasteiger partial charge in [0.25, 0.3) is 0 Å². The molecule has 1 saturated carbocycles. The van der Waals surface area contributed by atoms with Crippen molar-refractivity contribution in [3.8, 4) is 6.07 Å². The Morgan fingerprint density at radius 1 is 1.45 bits per heavy atom. The predicted octanol–water partition coefficient (Wildman–Crippen LogP) is 2.36. The number of esters is 1. The first-order valence-corrected chi connectivity index (χ1v) is 6.95. The van der Waals surface area contributed by atoms with E-state index in [2.05, 4.69) is 11.4 Å². The Kier molecular flexibility index (Phi) is 4.10. The van der Waals surface area contributed by atoms with E-state index in [1.54, 1.807) is 0 Å². The van der Waals surface area contributed by atoms with Gasteiger partial charge in [-0.2, -0.15) is 5.26 Å². The van der Waals surface area contributed by atoms with Crippen LogP contribution in [0.25, 0.3) is 0 Å². The minimum Gasteiger partial charge on any atom is -0.466 e. The Morgan fingerprint density at radius 2 is 2.10 bits per heavy atom. The average molecular weight is 272 g/mol. The van der Waals surface area contributed by atoms with Gasteiger partial charge in [-0.15, -0.1) is 0 Å². The summed E-state index contributed by atoms with van der Waals surface area (Å²) in [7, 11) is 0. The Bertz CT molecular complexity index is 517. The molecule has 1 fully saturated rings. The maximum Gasteiger partial charge on any atom is 0.313 e. The third kappa shape index (κ3) is 2.83. The van der Waals surface area contributed by atoms with Crippen molar-refractivity contribution in [2.45, 2.75) is 32.2 Å². The van der Waals surface area contributed by atoms with E-state index in [1.165, 1.54) is 0 Å². The van der Waals surface area contributed by atoms with Crippen molar-refractivity contribution in [1.29, 1.82) is 5.26 Å². The van der Waals surface area contributed by atoms with Crippen LogP contribution >= 0.6 is 0 Å². The van der Waals surface area contributed by atoms with Crippen LogP contribution in [0.4, 0.5) is 0 Å². The van der Waals surface area contributed by atoms with E-state index in [-0.39, 0.29) is 5.97 Å². The zero-order chi connectivity index (χ0) is 14.6. The second-order valence-electron chi connectivity index (χ2n) is 5.46. The molecule has 4 nitrogen and oxygen atoms in total. The molecule has 0 heterocycles. The smallest absolute Gasteiger partial charge is 0.313 e. The molecule has 1 atom stereocenters. The fourth-order valence-corrected chi connectivity index (χ4v) is 2.21. The van der Waals surface area contributed by atoms with E-state index in [4.69, 9.17) is 4.74 Å². The van der Waals surface area contributed by atoms with Crippen LogP contribution in [0.2, 0.25) is 0 Å². The largest absolute Gasteiger partial charge is 0.466 e. The maximum atomic E-state index is 11.9. The van der Waals surface area contributed by atoms with Crippen LogP contribution in [0, 0.1) is 16.7 Å². The molecule has 0 bridgehead atoms. The van der Waals surface area contributed by atoms with Gasteiger partial charge in [0, 0.05) is 6.54 Å². The van der Waals surface area contributed by atoms with E-state index in [1.807, 2.05) is 44.2 Å². The van der Waals surface area contributed by atoms with Gasteiger partial charge in [0.1, 0.15) is 5.54 Å². The summed E-state index contributed by atoms with van der Waals surface area (Å²) < 4.78 is 5.11. The second kappa shape index (κ2) is 5.64. The third-order valence-corrected chi connectivity index (χ3v) is 3.92. The van der Waals surface area contributed by atoms with Gasteiger partial charge in [-0.25, -0.2) is 0 Å². The molecule has 20 heavy (non-hydrogen) atoms. The number of carbonyl (C=O) groups excluding carboxylic acids is 1. The highest BCUT2D eigenvalue weighted by Gasteiger charge is 2.52. The number of benzene rings is 1. The van der Waals surface area contributed by atoms with Gasteiger partial charge in [-0.05, 0) is 32.3 Å². The molecule has 1 N–H and O–H groups in total. The summed E-state index contributed by atoms with van der Waals surface area (Å²) in [5.74, 6) is -0.152. The van der Waals surface area contributed by atoms with Crippen LogP contribution in [0.3, 0.4) is 0 Å². The Morgan fingerprint density at radius 3 is 2.60 bits per heavy atom. The van der Waals surface area contributed by atoms with E-state index < -0.39 is 11.0 Å². The van der Waals surface area contributed by atoms with Gasteiger partial charge >= 0.3 is 5.97 Å². The molecule has 0 unspecified atom stereocenters. The normalized spacial score (nSPS) is 18.6. The quantitative estimate of drug-likeness (QED) is 0.807. The second-order valence-corrected chi connectivity index (χ2v) is 5.46. The van der Waals surface area contributed by atoms with Crippen molar-refractivity contribution in [3.63, 3.8) is 0 Å². The standard InChI is InChI=1S/C16H20N2O2/c1-3-20-14(19)16(9-10-16)12-18-15(2,11-17)13-7-5-4-6-8-13/h4-8,18H,3,9-10,12H2,1-2H3/t15-/m1/s1. The fourth-order valence-electron chi connectivity index (χ4n) is 2.21. The van der Waals surface area contributed by atoms with Crippen LogP contribution in [-0.2, 0) is 15.1 Å². The average Bonchev–Trinajstić information content (AvgIpc) is 3.27. The number of hydrogen-bond donors (Lipinski definition) is 1. The van der Waals surface area contributed by atoms with Crippen molar-refractivity contribution in [2.24, 2.45) is 5.41 Å². The van der Waals surface area contributed by atoms with Gasteiger partial charge in [0.05, 0.1) is 18.1 Å². The predicted molar refractivity (Wildman–Crippen MR) is 75.7 cm³/mol. The zero-order valence-electron chi connectivity index (χ0n) is 12.0. The summed E-state index contributed by atoms with van der Waals surface area (Å²) in [6.45, 7) is 4.52. The highest BCUT2D eigenvalue weighted by molar-refractivity contribution is 5.80. The minimum absolute atomic E-state index is 0.152. The summed E-state index contributed by atoms with van der Waals surface area (Å²) in [5.41, 5.74) is -0.311.